The van der Waals surface area contributed by atoms with Gasteiger partial charge in [0, 0.05) is 61.0 Å². The van der Waals surface area contributed by atoms with Crippen molar-refractivity contribution in [2.75, 3.05) is 73.8 Å². The van der Waals surface area contributed by atoms with Gasteiger partial charge in [0.15, 0.2) is 11.6 Å². The Kier molecular flexibility index (Phi) is 10.7. The van der Waals surface area contributed by atoms with Gasteiger partial charge in [-0.25, -0.2) is 4.98 Å². The minimum Gasteiger partial charge on any atom is -0.494 e. The van der Waals surface area contributed by atoms with Gasteiger partial charge in [0.1, 0.15) is 16.8 Å². The number of likely N-dealkylation sites (tertiary alicyclic amines) is 2. The number of nitrogens with zero attached hydrogens (tertiary/aromatic N) is 5. The second-order valence-corrected chi connectivity index (χ2v) is 16.0. The molecule has 4 N–H and O–H groups in total. The summed E-state index contributed by atoms with van der Waals surface area (Å²) in [5.41, 5.74) is 5.12. The molecule has 1 unspecified atom stereocenters. The number of rotatable bonds is 12. The molecule has 0 aliphatic carbocycles. The highest BCUT2D eigenvalue weighted by Gasteiger charge is 2.53. The van der Waals surface area contributed by atoms with Gasteiger partial charge in [0.05, 0.1) is 31.2 Å². The molecule has 5 heterocycles. The average molecular weight is 792 g/mol. The number of Topliss-reactive ketones (excluding diaryl/α,β-unsaturated/α-hetero) is 1. The normalized spacial score (nSPS) is 19.3. The van der Waals surface area contributed by atoms with Gasteiger partial charge in [-0.3, -0.25) is 29.4 Å². The lowest BCUT2D eigenvalue weighted by Crippen LogP contribution is -2.73. The van der Waals surface area contributed by atoms with E-state index >= 15 is 0 Å². The molecule has 57 heavy (non-hydrogen) atoms. The van der Waals surface area contributed by atoms with Crippen LogP contribution in [0.25, 0.3) is 0 Å². The number of nitrogens with one attached hydrogen (secondary N) is 4. The first-order valence-electron chi connectivity index (χ1n) is 19.3. The molecule has 14 nitrogen and oxygen atoms in total. The first-order chi connectivity index (χ1) is 27.5. The van der Waals surface area contributed by atoms with E-state index in [1.807, 2.05) is 41.3 Å². The summed E-state index contributed by atoms with van der Waals surface area (Å²) in [6, 6.07) is 21.0. The summed E-state index contributed by atoms with van der Waals surface area (Å²) in [5, 5.41) is 12.3. The molecule has 0 bridgehead atoms. The van der Waals surface area contributed by atoms with Crippen molar-refractivity contribution >= 4 is 69.6 Å². The Morgan fingerprint density at radius 3 is 2.42 bits per heavy atom. The Balaban J connectivity index is 0.785. The molecule has 3 amide bonds. The van der Waals surface area contributed by atoms with Crippen molar-refractivity contribution < 1.29 is 23.9 Å². The highest BCUT2D eigenvalue weighted by molar-refractivity contribution is 6.33. The Morgan fingerprint density at radius 2 is 1.70 bits per heavy atom. The van der Waals surface area contributed by atoms with Gasteiger partial charge in [-0.2, -0.15) is 4.98 Å². The number of piperidine rings is 2. The van der Waals surface area contributed by atoms with Gasteiger partial charge in [0.25, 0.3) is 0 Å². The Labute approximate surface area is 336 Å². The zero-order chi connectivity index (χ0) is 39.7. The van der Waals surface area contributed by atoms with Crippen LogP contribution in [0, 0.1) is 5.41 Å². The summed E-state index contributed by atoms with van der Waals surface area (Å²) in [5.74, 6) is 1.38. The first kappa shape index (κ1) is 38.2. The molecule has 1 aromatic heterocycles. The van der Waals surface area contributed by atoms with Crippen molar-refractivity contribution in [3.8, 4) is 5.75 Å². The molecule has 4 aliphatic rings. The lowest BCUT2D eigenvalue weighted by Gasteiger charge is -2.61. The van der Waals surface area contributed by atoms with E-state index in [-0.39, 0.29) is 28.9 Å². The van der Waals surface area contributed by atoms with E-state index in [0.29, 0.717) is 64.8 Å². The number of methoxy groups -OCH3 is 1. The number of ether oxygens (including phenoxy) is 1. The second-order valence-electron chi connectivity index (χ2n) is 15.6. The zero-order valence-corrected chi connectivity index (χ0v) is 32.8. The quantitative estimate of drug-likeness (QED) is 0.104. The second kappa shape index (κ2) is 16.0. The van der Waals surface area contributed by atoms with Crippen molar-refractivity contribution in [3.05, 3.63) is 89.1 Å². The van der Waals surface area contributed by atoms with Crippen LogP contribution in [-0.4, -0.2) is 102 Å². The summed E-state index contributed by atoms with van der Waals surface area (Å²) >= 11 is 6.41. The van der Waals surface area contributed by atoms with Gasteiger partial charge in [-0.15, -0.1) is 0 Å². The predicted molar refractivity (Wildman–Crippen MR) is 219 cm³/mol. The average Bonchev–Trinajstić information content (AvgIpc) is 3.17. The molecule has 8 rings (SSSR count). The van der Waals surface area contributed by atoms with Crippen LogP contribution in [0.4, 0.5) is 34.5 Å². The lowest BCUT2D eigenvalue weighted by molar-refractivity contribution is -0.146. The van der Waals surface area contributed by atoms with Crippen LogP contribution >= 0.6 is 11.6 Å². The van der Waals surface area contributed by atoms with Crippen molar-refractivity contribution in [1.82, 2.24) is 25.1 Å². The van der Waals surface area contributed by atoms with E-state index in [4.69, 9.17) is 16.3 Å². The Bertz CT molecular complexity index is 2180. The number of imide groups is 1. The molecule has 4 fully saturated rings. The first-order valence-corrected chi connectivity index (χ1v) is 19.7. The van der Waals surface area contributed by atoms with Gasteiger partial charge in [-0.1, -0.05) is 35.9 Å². The van der Waals surface area contributed by atoms with Gasteiger partial charge in [0.2, 0.25) is 23.7 Å². The maximum atomic E-state index is 13.3. The van der Waals surface area contributed by atoms with Crippen LogP contribution in [0.3, 0.4) is 0 Å². The molecule has 15 heteroatoms. The standard InChI is InChI=1S/C42H46ClN9O5/c1-26(53)31-5-3-4-6-33(31)46-39-32(43)20-44-41(49-39)47-34-12-11-30(19-36(34)57-2)51-22-42(23-51)24-52(25-42)38(55)21-50-17-15-28(16-18-50)27-7-9-29(10-8-27)45-35-13-14-37(54)48-40(35)56/h3-12,19-20,28,35,45H,13-18,21-25H2,1-2H3,(H,48,54,56)(H2,44,46,47,49). The van der Waals surface area contributed by atoms with Gasteiger partial charge in [-0.05, 0) is 87.2 Å². The van der Waals surface area contributed by atoms with Crippen LogP contribution in [0.5, 0.6) is 5.75 Å². The van der Waals surface area contributed by atoms with Crippen LogP contribution in [0.15, 0.2) is 72.9 Å². The van der Waals surface area contributed by atoms with Crippen LogP contribution in [0.1, 0.15) is 54.4 Å². The predicted octanol–water partition coefficient (Wildman–Crippen LogP) is 5.57. The maximum absolute atomic E-state index is 13.3. The Morgan fingerprint density at radius 1 is 0.947 bits per heavy atom. The summed E-state index contributed by atoms with van der Waals surface area (Å²) in [6.07, 6.45) is 4.33. The number of carbonyl (C=O) groups is 4. The van der Waals surface area contributed by atoms with E-state index in [1.54, 1.807) is 25.3 Å². The lowest BCUT2D eigenvalue weighted by atomic mass is 9.72. The topological polar surface area (TPSA) is 161 Å². The zero-order valence-electron chi connectivity index (χ0n) is 32.0. The highest BCUT2D eigenvalue weighted by Crippen LogP contribution is 2.44. The van der Waals surface area contributed by atoms with Gasteiger partial charge < -0.3 is 30.5 Å². The molecule has 1 atom stereocenters. The number of aromatic nitrogens is 2. The van der Waals surface area contributed by atoms with Crippen LogP contribution in [0.2, 0.25) is 5.02 Å². The SMILES string of the molecule is COc1cc(N2CC3(CN(C(=O)CN4CCC(c5ccc(NC6CCC(=O)NC6=O)cc5)CC4)C3)C2)ccc1Nc1ncc(Cl)c(Nc2ccccc2C(C)=O)n1. The number of anilines is 6. The molecule has 0 radical (unpaired) electrons. The van der Waals surface area contributed by atoms with Crippen LogP contribution in [-0.2, 0) is 14.4 Å². The summed E-state index contributed by atoms with van der Waals surface area (Å²) in [6.45, 7) is 7.01. The van der Waals surface area contributed by atoms with Crippen LogP contribution < -0.4 is 30.9 Å². The summed E-state index contributed by atoms with van der Waals surface area (Å²) in [4.78, 5) is 64.4. The molecular weight excluding hydrogens is 746 g/mol. The van der Waals surface area contributed by atoms with Crippen molar-refractivity contribution in [3.63, 3.8) is 0 Å². The van der Waals surface area contributed by atoms with E-state index in [1.165, 1.54) is 18.7 Å². The number of halogens is 1. The van der Waals surface area contributed by atoms with E-state index < -0.39 is 6.04 Å². The number of amides is 3. The highest BCUT2D eigenvalue weighted by atomic mass is 35.5. The third-order valence-corrected chi connectivity index (χ3v) is 11.7. The number of hydrogen-bond donors (Lipinski definition) is 4. The number of ketones is 1. The number of hydrogen-bond acceptors (Lipinski definition) is 12. The molecule has 4 aliphatic heterocycles. The van der Waals surface area contributed by atoms with Crippen molar-refractivity contribution in [2.24, 2.45) is 5.41 Å². The fourth-order valence-corrected chi connectivity index (χ4v) is 8.47. The number of benzene rings is 3. The number of para-hydroxylation sites is 1. The van der Waals surface area contributed by atoms with E-state index in [2.05, 4.69) is 53.2 Å². The smallest absolute Gasteiger partial charge is 0.249 e. The van der Waals surface area contributed by atoms with Crippen molar-refractivity contribution in [1.29, 1.82) is 0 Å². The molecule has 3 aromatic carbocycles. The summed E-state index contributed by atoms with van der Waals surface area (Å²) in [7, 11) is 1.62. The van der Waals surface area contributed by atoms with Gasteiger partial charge >= 0.3 is 0 Å². The fraction of sp³-hybridized carbons (Fsp3) is 0.381. The molecule has 4 saturated heterocycles. The van der Waals surface area contributed by atoms with E-state index in [9.17, 15) is 19.2 Å². The molecule has 1 spiro atoms. The third-order valence-electron chi connectivity index (χ3n) is 11.5. The number of carbonyl (C=O) groups excluding carboxylic acids is 4. The summed E-state index contributed by atoms with van der Waals surface area (Å²) < 4.78 is 5.74. The van der Waals surface area contributed by atoms with Crippen molar-refractivity contribution in [2.45, 2.75) is 44.6 Å². The Hall–Kier alpha value is -5.73. The largest absolute Gasteiger partial charge is 0.494 e. The molecule has 296 valence electrons. The minimum absolute atomic E-state index is 0.0730. The maximum Gasteiger partial charge on any atom is 0.249 e. The monoisotopic (exact) mass is 791 g/mol. The fourth-order valence-electron chi connectivity index (χ4n) is 8.33. The minimum atomic E-state index is -0.396. The third kappa shape index (κ3) is 8.37. The molecule has 4 aromatic rings. The molecule has 0 saturated carbocycles. The van der Waals surface area contributed by atoms with E-state index in [0.717, 1.165) is 63.5 Å². The molecular formula is C42H46ClN9O5.